The fraction of sp³-hybridized carbons (Fsp3) is 1.00. The molecule has 1 fully saturated rings. The molecule has 0 spiro atoms. The second kappa shape index (κ2) is 4.27. The van der Waals surface area contributed by atoms with Crippen LogP contribution in [0.15, 0.2) is 0 Å². The van der Waals surface area contributed by atoms with Gasteiger partial charge in [-0.3, -0.25) is 0 Å². The van der Waals surface area contributed by atoms with Crippen LogP contribution in [0.25, 0.3) is 0 Å². The lowest BCUT2D eigenvalue weighted by Gasteiger charge is -2.27. The van der Waals surface area contributed by atoms with Gasteiger partial charge in [-0.15, -0.1) is 0 Å². The van der Waals surface area contributed by atoms with Crippen LogP contribution >= 0.6 is 0 Å². The quantitative estimate of drug-likeness (QED) is 0.592. The molecule has 1 aliphatic rings. The Morgan fingerprint density at radius 2 is 1.08 bits per heavy atom. The van der Waals surface area contributed by atoms with E-state index in [-0.39, 0.29) is 6.10 Å². The summed E-state index contributed by atoms with van der Waals surface area (Å²) < 4.78 is 0. The number of hydrogen-bond donors (Lipinski definition) is 1. The van der Waals surface area contributed by atoms with Gasteiger partial charge in [0.15, 0.2) is 0 Å². The number of aliphatic hydroxyl groups excluding tert-OH is 1. The Morgan fingerprint density at radius 3 is 1.50 bits per heavy atom. The normalized spacial score (nSPS) is 45.0. The maximum Gasteiger partial charge on any atom is 0.0545 e. The van der Waals surface area contributed by atoms with E-state index in [2.05, 4.69) is 20.8 Å². The highest BCUT2D eigenvalue weighted by Crippen LogP contribution is 2.29. The summed E-state index contributed by atoms with van der Waals surface area (Å²) in [6.07, 6.45) is 4.56. The molecule has 4 atom stereocenters. The van der Waals surface area contributed by atoms with Gasteiger partial charge in [0.2, 0.25) is 0 Å². The Hall–Kier alpha value is -0.0400. The molecule has 72 valence electrons. The van der Waals surface area contributed by atoms with Crippen LogP contribution < -0.4 is 0 Å². The van der Waals surface area contributed by atoms with Crippen molar-refractivity contribution in [2.45, 2.75) is 52.6 Å². The summed E-state index contributed by atoms with van der Waals surface area (Å²) in [5.74, 6) is 2.27. The van der Waals surface area contributed by atoms with Crippen molar-refractivity contribution in [2.75, 3.05) is 0 Å². The van der Waals surface area contributed by atoms with E-state index < -0.39 is 0 Å². The first-order valence-corrected chi connectivity index (χ1v) is 5.26. The van der Waals surface area contributed by atoms with Crippen molar-refractivity contribution in [3.05, 3.63) is 0 Å². The molecule has 0 aliphatic heterocycles. The van der Waals surface area contributed by atoms with Gasteiger partial charge in [0.25, 0.3) is 0 Å². The highest BCUT2D eigenvalue weighted by molar-refractivity contribution is 4.73. The monoisotopic (exact) mass is 170 g/mol. The van der Waals surface area contributed by atoms with E-state index >= 15 is 0 Å². The molecule has 0 saturated heterocycles. The molecule has 0 aromatic rings. The van der Waals surface area contributed by atoms with E-state index in [1.165, 1.54) is 12.8 Å². The van der Waals surface area contributed by atoms with Crippen molar-refractivity contribution in [3.63, 3.8) is 0 Å². The molecule has 12 heavy (non-hydrogen) atoms. The third kappa shape index (κ3) is 3.14. The zero-order valence-corrected chi connectivity index (χ0v) is 8.59. The van der Waals surface area contributed by atoms with E-state index in [0.717, 1.165) is 18.8 Å². The third-order valence-electron chi connectivity index (χ3n) is 2.96. The van der Waals surface area contributed by atoms with Crippen LogP contribution in [0.3, 0.4) is 0 Å². The van der Waals surface area contributed by atoms with E-state index in [1.54, 1.807) is 0 Å². The zero-order valence-electron chi connectivity index (χ0n) is 8.59. The molecule has 0 aromatic heterocycles. The number of hydrogen-bond acceptors (Lipinski definition) is 1. The molecule has 0 radical (unpaired) electrons. The fourth-order valence-electron chi connectivity index (χ4n) is 2.69. The zero-order chi connectivity index (χ0) is 9.14. The summed E-state index contributed by atoms with van der Waals surface area (Å²) in [7, 11) is 0. The lowest BCUT2D eigenvalue weighted by Crippen LogP contribution is -2.21. The van der Waals surface area contributed by atoms with Gasteiger partial charge in [0.05, 0.1) is 6.10 Å². The van der Waals surface area contributed by atoms with E-state index in [1.807, 2.05) is 0 Å². The highest BCUT2D eigenvalue weighted by Gasteiger charge is 2.21. The van der Waals surface area contributed by atoms with Crippen molar-refractivity contribution in [3.8, 4) is 0 Å². The van der Waals surface area contributed by atoms with Crippen LogP contribution in [0.4, 0.5) is 0 Å². The summed E-state index contributed by atoms with van der Waals surface area (Å²) in [5.41, 5.74) is 0. The van der Waals surface area contributed by atoms with Crippen LogP contribution in [0.2, 0.25) is 0 Å². The summed E-state index contributed by atoms with van der Waals surface area (Å²) >= 11 is 0. The Morgan fingerprint density at radius 1 is 0.750 bits per heavy atom. The summed E-state index contributed by atoms with van der Waals surface area (Å²) in [6, 6.07) is 0. The predicted molar refractivity (Wildman–Crippen MR) is 52.0 cm³/mol. The van der Waals surface area contributed by atoms with E-state index in [0.29, 0.717) is 11.8 Å². The Balaban J connectivity index is 2.45. The van der Waals surface area contributed by atoms with Crippen molar-refractivity contribution < 1.29 is 5.11 Å². The van der Waals surface area contributed by atoms with Crippen LogP contribution in [-0.2, 0) is 0 Å². The van der Waals surface area contributed by atoms with Gasteiger partial charge in [-0.1, -0.05) is 20.8 Å². The summed E-state index contributed by atoms with van der Waals surface area (Å²) in [4.78, 5) is 0. The fourth-order valence-corrected chi connectivity index (χ4v) is 2.69. The SMILES string of the molecule is CC1C[C@@H](C)CC(O)C[C@@H](C)C1. The van der Waals surface area contributed by atoms with E-state index in [9.17, 15) is 5.11 Å². The van der Waals surface area contributed by atoms with Crippen LogP contribution in [-0.4, -0.2) is 11.2 Å². The molecule has 0 bridgehead atoms. The molecule has 0 aromatic carbocycles. The maximum absolute atomic E-state index is 9.64. The minimum atomic E-state index is -0.0394. The lowest BCUT2D eigenvalue weighted by molar-refractivity contribution is 0.0940. The van der Waals surface area contributed by atoms with Gasteiger partial charge in [0, 0.05) is 0 Å². The lowest BCUT2D eigenvalue weighted by atomic mass is 9.81. The number of aliphatic hydroxyl groups is 1. The second-order valence-corrected chi connectivity index (χ2v) is 4.91. The molecule has 1 saturated carbocycles. The van der Waals surface area contributed by atoms with Crippen LogP contribution in [0.1, 0.15) is 46.5 Å². The van der Waals surface area contributed by atoms with Gasteiger partial charge >= 0.3 is 0 Å². The Labute approximate surface area is 76.2 Å². The molecular weight excluding hydrogens is 148 g/mol. The first-order valence-electron chi connectivity index (χ1n) is 5.26. The van der Waals surface area contributed by atoms with Crippen molar-refractivity contribution in [1.29, 1.82) is 0 Å². The molecule has 1 heteroatoms. The van der Waals surface area contributed by atoms with Crippen molar-refractivity contribution in [1.82, 2.24) is 0 Å². The maximum atomic E-state index is 9.64. The first kappa shape index (κ1) is 10.0. The Kier molecular flexibility index (Phi) is 3.57. The molecule has 0 heterocycles. The van der Waals surface area contributed by atoms with Crippen molar-refractivity contribution in [2.24, 2.45) is 17.8 Å². The average Bonchev–Trinajstić information content (AvgIpc) is 1.81. The smallest absolute Gasteiger partial charge is 0.0545 e. The average molecular weight is 170 g/mol. The molecule has 1 N–H and O–H groups in total. The molecular formula is C11H22O. The summed E-state index contributed by atoms with van der Waals surface area (Å²) in [6.45, 7) is 6.86. The number of rotatable bonds is 0. The van der Waals surface area contributed by atoms with Gasteiger partial charge in [-0.05, 0) is 43.4 Å². The standard InChI is InChI=1S/C11H22O/c1-8-4-9(2)6-11(12)7-10(3)5-8/h8-12H,4-7H2,1-3H3/t8?,9-,10+,11?. The second-order valence-electron chi connectivity index (χ2n) is 4.91. The van der Waals surface area contributed by atoms with Crippen LogP contribution in [0, 0.1) is 17.8 Å². The minimum absolute atomic E-state index is 0.0394. The molecule has 1 nitrogen and oxygen atoms in total. The van der Waals surface area contributed by atoms with Gasteiger partial charge < -0.3 is 5.11 Å². The van der Waals surface area contributed by atoms with Gasteiger partial charge in [-0.25, -0.2) is 0 Å². The topological polar surface area (TPSA) is 20.2 Å². The molecule has 1 aliphatic carbocycles. The van der Waals surface area contributed by atoms with E-state index in [4.69, 9.17) is 0 Å². The van der Waals surface area contributed by atoms with Crippen LogP contribution in [0.5, 0.6) is 0 Å². The first-order chi connectivity index (χ1) is 5.58. The molecule has 0 amide bonds. The van der Waals surface area contributed by atoms with Gasteiger partial charge in [-0.2, -0.15) is 0 Å². The van der Waals surface area contributed by atoms with Gasteiger partial charge in [0.1, 0.15) is 0 Å². The predicted octanol–water partition coefficient (Wildman–Crippen LogP) is 2.83. The Bertz CT molecular complexity index is 93.0. The van der Waals surface area contributed by atoms with Crippen molar-refractivity contribution >= 4 is 0 Å². The molecule has 2 unspecified atom stereocenters. The largest absolute Gasteiger partial charge is 0.393 e. The summed E-state index contributed by atoms with van der Waals surface area (Å²) in [5, 5.41) is 9.64. The highest BCUT2D eigenvalue weighted by atomic mass is 16.3. The third-order valence-corrected chi connectivity index (χ3v) is 2.96. The molecule has 1 rings (SSSR count). The minimum Gasteiger partial charge on any atom is -0.393 e.